The third kappa shape index (κ3) is 3.72. The first-order valence-electron chi connectivity index (χ1n) is 6.36. The molecule has 1 N–H and O–H groups in total. The van der Waals surface area contributed by atoms with Gasteiger partial charge in [-0.05, 0) is 55.3 Å². The third-order valence-electron chi connectivity index (χ3n) is 3.00. The number of benzene rings is 2. The molecule has 0 heterocycles. The molecule has 0 saturated carbocycles. The van der Waals surface area contributed by atoms with E-state index < -0.39 is 0 Å². The molecule has 20 heavy (non-hydrogen) atoms. The van der Waals surface area contributed by atoms with E-state index in [2.05, 4.69) is 11.4 Å². The van der Waals surface area contributed by atoms with Crippen LogP contribution in [0.15, 0.2) is 54.7 Å². The van der Waals surface area contributed by atoms with Gasteiger partial charge in [0.15, 0.2) is 5.78 Å². The SMILES string of the molecule is Cc1ccc(C)c(N/C=C/C(=O)c2ccc(Cl)cc2)c1. The number of hydrogen-bond acceptors (Lipinski definition) is 2. The molecular formula is C17H16ClNO. The van der Waals surface area contributed by atoms with E-state index in [0.29, 0.717) is 10.6 Å². The average Bonchev–Trinajstić information content (AvgIpc) is 2.43. The molecule has 0 aliphatic carbocycles. The van der Waals surface area contributed by atoms with Crippen LogP contribution in [0.2, 0.25) is 5.02 Å². The van der Waals surface area contributed by atoms with Crippen LogP contribution in [0.3, 0.4) is 0 Å². The molecule has 0 fully saturated rings. The van der Waals surface area contributed by atoms with E-state index in [1.54, 1.807) is 30.5 Å². The number of carbonyl (C=O) groups excluding carboxylic acids is 1. The summed E-state index contributed by atoms with van der Waals surface area (Å²) in [6, 6.07) is 13.0. The van der Waals surface area contributed by atoms with Gasteiger partial charge < -0.3 is 5.32 Å². The van der Waals surface area contributed by atoms with Crippen LogP contribution in [0.5, 0.6) is 0 Å². The molecule has 102 valence electrons. The monoisotopic (exact) mass is 285 g/mol. The number of nitrogens with one attached hydrogen (secondary N) is 1. The van der Waals surface area contributed by atoms with Gasteiger partial charge >= 0.3 is 0 Å². The fourth-order valence-corrected chi connectivity index (χ4v) is 1.93. The van der Waals surface area contributed by atoms with Crippen molar-refractivity contribution in [3.8, 4) is 0 Å². The fraction of sp³-hybridized carbons (Fsp3) is 0.118. The van der Waals surface area contributed by atoms with E-state index in [-0.39, 0.29) is 5.78 Å². The summed E-state index contributed by atoms with van der Waals surface area (Å²) in [5, 5.41) is 3.76. The molecule has 0 bridgehead atoms. The smallest absolute Gasteiger partial charge is 0.187 e. The molecule has 2 rings (SSSR count). The lowest BCUT2D eigenvalue weighted by Gasteiger charge is -2.06. The lowest BCUT2D eigenvalue weighted by Crippen LogP contribution is -1.97. The third-order valence-corrected chi connectivity index (χ3v) is 3.25. The second kappa shape index (κ2) is 6.40. The van der Waals surface area contributed by atoms with Crippen LogP contribution in [-0.2, 0) is 0 Å². The predicted octanol–water partition coefficient (Wildman–Crippen LogP) is 4.77. The zero-order valence-electron chi connectivity index (χ0n) is 11.5. The van der Waals surface area contributed by atoms with Crippen molar-refractivity contribution in [1.29, 1.82) is 0 Å². The molecule has 2 aromatic carbocycles. The van der Waals surface area contributed by atoms with Gasteiger partial charge in [0.1, 0.15) is 0 Å². The molecule has 2 aromatic rings. The Morgan fingerprint density at radius 1 is 1.10 bits per heavy atom. The Morgan fingerprint density at radius 2 is 1.80 bits per heavy atom. The summed E-state index contributed by atoms with van der Waals surface area (Å²) >= 11 is 5.79. The van der Waals surface area contributed by atoms with Gasteiger partial charge in [-0.1, -0.05) is 23.7 Å². The van der Waals surface area contributed by atoms with Crippen LogP contribution < -0.4 is 5.32 Å². The first-order chi connectivity index (χ1) is 9.56. The Balaban J connectivity index is 2.04. The Bertz CT molecular complexity index is 645. The van der Waals surface area contributed by atoms with Crippen molar-refractivity contribution in [2.75, 3.05) is 5.32 Å². The van der Waals surface area contributed by atoms with Crippen LogP contribution >= 0.6 is 11.6 Å². The minimum atomic E-state index is -0.0560. The van der Waals surface area contributed by atoms with Gasteiger partial charge in [-0.15, -0.1) is 0 Å². The summed E-state index contributed by atoms with van der Waals surface area (Å²) in [6.45, 7) is 4.06. The maximum Gasteiger partial charge on any atom is 0.187 e. The summed E-state index contributed by atoms with van der Waals surface area (Å²) in [6.07, 6.45) is 3.18. The number of ketones is 1. The van der Waals surface area contributed by atoms with Crippen LogP contribution in [0, 0.1) is 13.8 Å². The molecule has 3 heteroatoms. The highest BCUT2D eigenvalue weighted by molar-refractivity contribution is 6.30. The van der Waals surface area contributed by atoms with Crippen molar-refractivity contribution in [2.24, 2.45) is 0 Å². The summed E-state index contributed by atoms with van der Waals surface area (Å²) in [4.78, 5) is 11.9. The van der Waals surface area contributed by atoms with Crippen molar-refractivity contribution in [1.82, 2.24) is 0 Å². The summed E-state index contributed by atoms with van der Waals surface area (Å²) in [5.41, 5.74) is 3.94. The first-order valence-corrected chi connectivity index (χ1v) is 6.74. The minimum absolute atomic E-state index is 0.0560. The van der Waals surface area contributed by atoms with Crippen LogP contribution in [0.1, 0.15) is 21.5 Å². The molecule has 0 atom stereocenters. The zero-order valence-corrected chi connectivity index (χ0v) is 12.2. The van der Waals surface area contributed by atoms with Gasteiger partial charge in [0, 0.05) is 28.5 Å². The van der Waals surface area contributed by atoms with E-state index in [1.807, 2.05) is 26.0 Å². The number of hydrogen-bond donors (Lipinski definition) is 1. The van der Waals surface area contributed by atoms with Crippen LogP contribution in [-0.4, -0.2) is 5.78 Å². The van der Waals surface area contributed by atoms with Gasteiger partial charge in [0.2, 0.25) is 0 Å². The molecule has 0 unspecified atom stereocenters. The van der Waals surface area contributed by atoms with Gasteiger partial charge in [-0.25, -0.2) is 0 Å². The van der Waals surface area contributed by atoms with E-state index in [9.17, 15) is 4.79 Å². The standard InChI is InChI=1S/C17H16ClNO/c1-12-3-4-13(2)16(11-12)19-10-9-17(20)14-5-7-15(18)8-6-14/h3-11,19H,1-2H3/b10-9+. The van der Waals surface area contributed by atoms with Crippen molar-refractivity contribution in [3.05, 3.63) is 76.5 Å². The highest BCUT2D eigenvalue weighted by Gasteiger charge is 2.01. The van der Waals surface area contributed by atoms with E-state index in [4.69, 9.17) is 11.6 Å². The van der Waals surface area contributed by atoms with Crippen molar-refractivity contribution >= 4 is 23.1 Å². The molecular weight excluding hydrogens is 270 g/mol. The summed E-state index contributed by atoms with van der Waals surface area (Å²) < 4.78 is 0. The van der Waals surface area contributed by atoms with Gasteiger partial charge in [-0.2, -0.15) is 0 Å². The fourth-order valence-electron chi connectivity index (χ4n) is 1.81. The lowest BCUT2D eigenvalue weighted by atomic mass is 10.1. The molecule has 0 aliphatic heterocycles. The number of carbonyl (C=O) groups is 1. The molecule has 0 saturated heterocycles. The maximum absolute atomic E-state index is 11.9. The Labute approximate surface area is 124 Å². The predicted molar refractivity (Wildman–Crippen MR) is 84.5 cm³/mol. The topological polar surface area (TPSA) is 29.1 Å². The summed E-state index contributed by atoms with van der Waals surface area (Å²) in [7, 11) is 0. The Morgan fingerprint density at radius 3 is 2.50 bits per heavy atom. The second-order valence-corrected chi connectivity index (χ2v) is 5.10. The number of aryl methyl sites for hydroxylation is 2. The van der Waals surface area contributed by atoms with Crippen LogP contribution in [0.25, 0.3) is 0 Å². The number of halogens is 1. The van der Waals surface area contributed by atoms with Crippen molar-refractivity contribution < 1.29 is 4.79 Å². The molecule has 0 radical (unpaired) electrons. The number of rotatable bonds is 4. The normalized spacial score (nSPS) is 10.8. The lowest BCUT2D eigenvalue weighted by molar-refractivity contribution is 0.104. The highest BCUT2D eigenvalue weighted by atomic mass is 35.5. The molecule has 0 aromatic heterocycles. The highest BCUT2D eigenvalue weighted by Crippen LogP contribution is 2.16. The van der Waals surface area contributed by atoms with E-state index in [0.717, 1.165) is 11.3 Å². The van der Waals surface area contributed by atoms with E-state index >= 15 is 0 Å². The number of allylic oxidation sites excluding steroid dienone is 1. The van der Waals surface area contributed by atoms with Gasteiger partial charge in [0.25, 0.3) is 0 Å². The quantitative estimate of drug-likeness (QED) is 0.648. The first kappa shape index (κ1) is 14.4. The van der Waals surface area contributed by atoms with Crippen molar-refractivity contribution in [3.63, 3.8) is 0 Å². The van der Waals surface area contributed by atoms with Crippen molar-refractivity contribution in [2.45, 2.75) is 13.8 Å². The average molecular weight is 286 g/mol. The zero-order chi connectivity index (χ0) is 14.5. The molecule has 2 nitrogen and oxygen atoms in total. The van der Waals surface area contributed by atoms with Crippen LogP contribution in [0.4, 0.5) is 5.69 Å². The number of anilines is 1. The van der Waals surface area contributed by atoms with E-state index in [1.165, 1.54) is 11.6 Å². The minimum Gasteiger partial charge on any atom is -0.361 e. The molecule has 0 aliphatic rings. The molecule has 0 amide bonds. The second-order valence-electron chi connectivity index (χ2n) is 4.67. The Kier molecular flexibility index (Phi) is 4.59. The largest absolute Gasteiger partial charge is 0.361 e. The van der Waals surface area contributed by atoms with Gasteiger partial charge in [0.05, 0.1) is 0 Å². The molecule has 0 spiro atoms. The maximum atomic E-state index is 11.9. The van der Waals surface area contributed by atoms with Gasteiger partial charge in [-0.3, -0.25) is 4.79 Å². The Hall–Kier alpha value is -2.06. The summed E-state index contributed by atoms with van der Waals surface area (Å²) in [5.74, 6) is -0.0560.